The molecule has 1 atom stereocenters. The summed E-state index contributed by atoms with van der Waals surface area (Å²) in [5.41, 5.74) is 3.34. The van der Waals surface area contributed by atoms with E-state index in [4.69, 9.17) is 5.26 Å². The molecule has 0 spiro atoms. The lowest BCUT2D eigenvalue weighted by Crippen LogP contribution is -2.21. The minimum atomic E-state index is -0.356. The number of allylic oxidation sites excluding steroid dienone is 1. The number of nitrogens with one attached hydrogen (secondary N) is 2. The van der Waals surface area contributed by atoms with E-state index in [0.29, 0.717) is 40.1 Å². The van der Waals surface area contributed by atoms with Crippen molar-refractivity contribution < 1.29 is 9.18 Å². The topological polar surface area (TPSA) is 64.9 Å². The van der Waals surface area contributed by atoms with E-state index in [0.717, 1.165) is 6.42 Å². The highest BCUT2D eigenvalue weighted by Crippen LogP contribution is 2.38. The van der Waals surface area contributed by atoms with Gasteiger partial charge in [-0.15, -0.1) is 0 Å². The monoisotopic (exact) mass is 349 g/mol. The molecule has 5 heteroatoms. The summed E-state index contributed by atoms with van der Waals surface area (Å²) in [4.78, 5) is 12.0. The van der Waals surface area contributed by atoms with Crippen molar-refractivity contribution in [1.29, 1.82) is 5.26 Å². The molecule has 3 rings (SSSR count). The number of para-hydroxylation sites is 1. The molecule has 0 aliphatic carbocycles. The van der Waals surface area contributed by atoms with E-state index in [-0.39, 0.29) is 17.8 Å². The number of anilines is 2. The second-order valence-electron chi connectivity index (χ2n) is 6.36. The number of fused-ring (bicyclic) bond motifs is 1. The summed E-state index contributed by atoms with van der Waals surface area (Å²) in [6.07, 6.45) is 1.12. The number of amides is 1. The first-order valence-corrected chi connectivity index (χ1v) is 8.60. The van der Waals surface area contributed by atoms with Gasteiger partial charge in [-0.25, -0.2) is 4.39 Å². The number of carbonyl (C=O) groups excluding carboxylic acids is 1. The van der Waals surface area contributed by atoms with Crippen LogP contribution in [0.5, 0.6) is 0 Å². The van der Waals surface area contributed by atoms with Gasteiger partial charge in [0.25, 0.3) is 0 Å². The molecular weight excluding hydrogens is 329 g/mol. The molecule has 0 fully saturated rings. The summed E-state index contributed by atoms with van der Waals surface area (Å²) >= 11 is 0. The van der Waals surface area contributed by atoms with Gasteiger partial charge in [-0.1, -0.05) is 25.1 Å². The molecule has 0 unspecified atom stereocenters. The van der Waals surface area contributed by atoms with Crippen molar-refractivity contribution in [2.75, 3.05) is 10.6 Å². The van der Waals surface area contributed by atoms with Gasteiger partial charge in [-0.05, 0) is 48.7 Å². The van der Waals surface area contributed by atoms with Crippen LogP contribution in [0.3, 0.4) is 0 Å². The third kappa shape index (κ3) is 3.45. The Balaban J connectivity index is 2.07. The molecule has 0 radical (unpaired) electrons. The average molecular weight is 349 g/mol. The number of nitrogens with zero attached hydrogens (tertiary/aromatic N) is 1. The number of nitriles is 1. The quantitative estimate of drug-likeness (QED) is 0.771. The molecule has 0 bridgehead atoms. The first-order valence-electron chi connectivity index (χ1n) is 8.60. The van der Waals surface area contributed by atoms with Gasteiger partial charge >= 0.3 is 0 Å². The molecule has 1 amide bonds. The first-order chi connectivity index (χ1) is 12.5. The molecule has 2 aromatic rings. The van der Waals surface area contributed by atoms with E-state index >= 15 is 4.39 Å². The average Bonchev–Trinajstić information content (AvgIpc) is 2.84. The molecule has 26 heavy (non-hydrogen) atoms. The maximum atomic E-state index is 15.3. The fourth-order valence-corrected chi connectivity index (χ4v) is 3.04. The minimum absolute atomic E-state index is 0.0413. The fraction of sp³-hybridized carbons (Fsp3) is 0.238. The Morgan fingerprint density at radius 1 is 1.27 bits per heavy atom. The smallest absolute Gasteiger partial charge is 0.226 e. The highest BCUT2D eigenvalue weighted by molar-refractivity contribution is 6.00. The Hall–Kier alpha value is -3.13. The van der Waals surface area contributed by atoms with Crippen molar-refractivity contribution in [2.24, 2.45) is 0 Å². The van der Waals surface area contributed by atoms with Gasteiger partial charge in [-0.2, -0.15) is 5.26 Å². The van der Waals surface area contributed by atoms with Gasteiger partial charge in [0.05, 0.1) is 23.0 Å². The highest BCUT2D eigenvalue weighted by Gasteiger charge is 2.23. The molecule has 0 saturated carbocycles. The summed E-state index contributed by atoms with van der Waals surface area (Å²) in [7, 11) is 0. The second kappa shape index (κ2) is 7.40. The maximum Gasteiger partial charge on any atom is 0.226 e. The molecule has 1 aliphatic heterocycles. The lowest BCUT2D eigenvalue weighted by molar-refractivity contribution is -0.116. The molecule has 2 aromatic carbocycles. The number of rotatable bonds is 3. The van der Waals surface area contributed by atoms with Crippen LogP contribution in [0.25, 0.3) is 11.4 Å². The maximum absolute atomic E-state index is 15.3. The van der Waals surface area contributed by atoms with Crippen molar-refractivity contribution in [2.45, 2.75) is 32.7 Å². The summed E-state index contributed by atoms with van der Waals surface area (Å²) in [5.74, 6) is -0.432. The Morgan fingerprint density at radius 2 is 2.00 bits per heavy atom. The largest absolute Gasteiger partial charge is 0.380 e. The summed E-state index contributed by atoms with van der Waals surface area (Å²) in [6.45, 7) is 3.70. The van der Waals surface area contributed by atoms with Crippen LogP contribution >= 0.6 is 0 Å². The van der Waals surface area contributed by atoms with Gasteiger partial charge in [0.1, 0.15) is 5.83 Å². The molecule has 1 aliphatic rings. The summed E-state index contributed by atoms with van der Waals surface area (Å²) in [6, 6.07) is 14.0. The zero-order chi connectivity index (χ0) is 18.7. The van der Waals surface area contributed by atoms with Gasteiger partial charge in [0, 0.05) is 18.0 Å². The second-order valence-corrected chi connectivity index (χ2v) is 6.36. The third-order valence-electron chi connectivity index (χ3n) is 4.62. The standard InChI is InChI=1S/C21H20FN3O/c1-3-16-11-19(26)25-18-6-4-5-17(21(18)24-16)20(22)13(2)15-9-7-14(12-23)8-10-15/h4-10,16,24H,3,11H2,1-2H3,(H,25,26)/b20-13-/t16-/m1/s1. The first kappa shape index (κ1) is 17.7. The Kier molecular flexibility index (Phi) is 5.04. The van der Waals surface area contributed by atoms with Crippen LogP contribution in [0.15, 0.2) is 42.5 Å². The lowest BCUT2D eigenvalue weighted by Gasteiger charge is -2.18. The fourth-order valence-electron chi connectivity index (χ4n) is 3.04. The molecule has 132 valence electrons. The molecular formula is C21H20FN3O. The van der Waals surface area contributed by atoms with Crippen LogP contribution in [-0.4, -0.2) is 11.9 Å². The van der Waals surface area contributed by atoms with E-state index in [1.165, 1.54) is 0 Å². The number of hydrogen-bond donors (Lipinski definition) is 2. The number of carbonyl (C=O) groups is 1. The molecule has 0 aromatic heterocycles. The lowest BCUT2D eigenvalue weighted by atomic mass is 10.00. The third-order valence-corrected chi connectivity index (χ3v) is 4.62. The summed E-state index contributed by atoms with van der Waals surface area (Å²) < 4.78 is 15.3. The van der Waals surface area contributed by atoms with Crippen LogP contribution in [0, 0.1) is 11.3 Å². The SMILES string of the molecule is CC[C@@H]1CC(=O)Nc2cccc(/C(F)=C(\C)c3ccc(C#N)cc3)c2N1. The van der Waals surface area contributed by atoms with E-state index in [2.05, 4.69) is 16.7 Å². The molecule has 4 nitrogen and oxygen atoms in total. The van der Waals surface area contributed by atoms with Crippen molar-refractivity contribution in [1.82, 2.24) is 0 Å². The van der Waals surface area contributed by atoms with Crippen LogP contribution in [0.1, 0.15) is 43.4 Å². The van der Waals surface area contributed by atoms with Gasteiger partial charge in [0.15, 0.2) is 0 Å². The molecule has 2 N–H and O–H groups in total. The van der Waals surface area contributed by atoms with Crippen LogP contribution in [0.4, 0.5) is 15.8 Å². The molecule has 0 saturated heterocycles. The van der Waals surface area contributed by atoms with E-state index in [1.54, 1.807) is 49.4 Å². The highest BCUT2D eigenvalue weighted by atomic mass is 19.1. The normalized spacial score (nSPS) is 17.2. The number of hydrogen-bond acceptors (Lipinski definition) is 3. The van der Waals surface area contributed by atoms with Gasteiger partial charge < -0.3 is 10.6 Å². The predicted octanol–water partition coefficient (Wildman–Crippen LogP) is 4.95. The van der Waals surface area contributed by atoms with Crippen molar-refractivity contribution >= 4 is 28.7 Å². The van der Waals surface area contributed by atoms with E-state index < -0.39 is 0 Å². The Bertz CT molecular complexity index is 910. The number of halogens is 1. The zero-order valence-electron chi connectivity index (χ0n) is 14.8. The van der Waals surface area contributed by atoms with Crippen LogP contribution in [-0.2, 0) is 4.79 Å². The van der Waals surface area contributed by atoms with Gasteiger partial charge in [0.2, 0.25) is 5.91 Å². The number of benzene rings is 2. The Morgan fingerprint density at radius 3 is 2.65 bits per heavy atom. The summed E-state index contributed by atoms with van der Waals surface area (Å²) in [5, 5.41) is 15.1. The minimum Gasteiger partial charge on any atom is -0.380 e. The Labute approximate surface area is 152 Å². The van der Waals surface area contributed by atoms with Crippen molar-refractivity contribution in [3.63, 3.8) is 0 Å². The van der Waals surface area contributed by atoms with Crippen LogP contribution in [0.2, 0.25) is 0 Å². The van der Waals surface area contributed by atoms with Gasteiger partial charge in [-0.3, -0.25) is 4.79 Å². The van der Waals surface area contributed by atoms with Crippen molar-refractivity contribution in [3.8, 4) is 6.07 Å². The zero-order valence-corrected chi connectivity index (χ0v) is 14.8. The van der Waals surface area contributed by atoms with Crippen molar-refractivity contribution in [3.05, 3.63) is 59.2 Å². The van der Waals surface area contributed by atoms with Crippen LogP contribution < -0.4 is 10.6 Å². The van der Waals surface area contributed by atoms with E-state index in [9.17, 15) is 4.79 Å². The molecule has 1 heterocycles. The predicted molar refractivity (Wildman–Crippen MR) is 102 cm³/mol. The van der Waals surface area contributed by atoms with E-state index in [1.807, 2.05) is 6.92 Å².